The molecular weight excluding hydrogens is 238 g/mol. The molecule has 1 heterocycles. The first kappa shape index (κ1) is 13.3. The maximum atomic E-state index is 6.40. The zero-order chi connectivity index (χ0) is 13.0. The molecule has 2 rings (SSSR count). The second-order valence-electron chi connectivity index (χ2n) is 5.31. The minimum Gasteiger partial charge on any atom is -0.327 e. The Bertz CT molecular complexity index is 459. The molecule has 2 aromatic rings. The fourth-order valence-corrected chi connectivity index (χ4v) is 2.92. The number of hydrogen-bond donors (Lipinski definition) is 1. The molecular formula is C16H21NS. The Hall–Kier alpha value is -1.12. The zero-order valence-electron chi connectivity index (χ0n) is 11.1. The van der Waals surface area contributed by atoms with Gasteiger partial charge >= 0.3 is 0 Å². The van der Waals surface area contributed by atoms with Crippen LogP contribution in [0, 0.1) is 0 Å². The van der Waals surface area contributed by atoms with Gasteiger partial charge in [-0.2, -0.15) is 0 Å². The summed E-state index contributed by atoms with van der Waals surface area (Å²) >= 11 is 1.82. The van der Waals surface area contributed by atoms with E-state index in [9.17, 15) is 0 Å². The smallest absolute Gasteiger partial charge is 0.0134 e. The Morgan fingerprint density at radius 1 is 1.11 bits per heavy atom. The van der Waals surface area contributed by atoms with Gasteiger partial charge in [0.2, 0.25) is 0 Å². The average molecular weight is 259 g/mol. The van der Waals surface area contributed by atoms with Crippen molar-refractivity contribution in [1.82, 2.24) is 0 Å². The van der Waals surface area contributed by atoms with Gasteiger partial charge in [-0.1, -0.05) is 50.2 Å². The molecule has 0 amide bonds. The number of rotatable bonds is 5. The molecule has 1 aromatic heterocycles. The van der Waals surface area contributed by atoms with Crippen molar-refractivity contribution in [3.05, 3.63) is 58.3 Å². The molecule has 0 aliphatic rings. The molecule has 18 heavy (non-hydrogen) atoms. The minimum atomic E-state index is 0.0263. The lowest BCUT2D eigenvalue weighted by atomic mass is 9.76. The van der Waals surface area contributed by atoms with Crippen molar-refractivity contribution in [2.45, 2.75) is 38.1 Å². The highest BCUT2D eigenvalue weighted by atomic mass is 32.1. The predicted octanol–water partition coefficient (Wildman–Crippen LogP) is 3.99. The summed E-state index contributed by atoms with van der Waals surface area (Å²) in [4.78, 5) is 1.43. The van der Waals surface area contributed by atoms with Crippen molar-refractivity contribution in [3.8, 4) is 0 Å². The third kappa shape index (κ3) is 3.01. The highest BCUT2D eigenvalue weighted by molar-refractivity contribution is 7.09. The minimum absolute atomic E-state index is 0.0263. The second-order valence-corrected chi connectivity index (χ2v) is 6.34. The Morgan fingerprint density at radius 2 is 1.83 bits per heavy atom. The van der Waals surface area contributed by atoms with Crippen LogP contribution in [0.2, 0.25) is 0 Å². The van der Waals surface area contributed by atoms with Gasteiger partial charge in [0.15, 0.2) is 0 Å². The quantitative estimate of drug-likeness (QED) is 0.863. The molecule has 1 atom stereocenters. The first-order valence-electron chi connectivity index (χ1n) is 6.44. The molecule has 0 radical (unpaired) electrons. The predicted molar refractivity (Wildman–Crippen MR) is 80.1 cm³/mol. The van der Waals surface area contributed by atoms with Crippen LogP contribution in [0.4, 0.5) is 0 Å². The average Bonchev–Trinajstić information content (AvgIpc) is 2.90. The van der Waals surface area contributed by atoms with Crippen LogP contribution in [0.15, 0.2) is 47.8 Å². The number of thiophene rings is 1. The van der Waals surface area contributed by atoms with Crippen LogP contribution in [-0.4, -0.2) is 6.04 Å². The second kappa shape index (κ2) is 5.68. The van der Waals surface area contributed by atoms with Crippen molar-refractivity contribution in [2.24, 2.45) is 5.73 Å². The van der Waals surface area contributed by atoms with Gasteiger partial charge in [-0.25, -0.2) is 0 Å². The number of benzene rings is 1. The third-order valence-corrected chi connectivity index (χ3v) is 4.66. The molecule has 2 N–H and O–H groups in total. The molecule has 0 fully saturated rings. The summed E-state index contributed by atoms with van der Waals surface area (Å²) in [6.07, 6.45) is 2.11. The SMILES string of the molecule is CC(C)(c1ccccc1)C(N)CCc1cccs1. The molecule has 0 saturated carbocycles. The van der Waals surface area contributed by atoms with E-state index in [4.69, 9.17) is 5.73 Å². The maximum Gasteiger partial charge on any atom is 0.0134 e. The van der Waals surface area contributed by atoms with E-state index in [0.29, 0.717) is 0 Å². The third-order valence-electron chi connectivity index (χ3n) is 3.73. The van der Waals surface area contributed by atoms with Gasteiger partial charge in [-0.3, -0.25) is 0 Å². The number of aryl methyl sites for hydroxylation is 1. The summed E-state index contributed by atoms with van der Waals surface area (Å²) in [5.41, 5.74) is 7.75. The van der Waals surface area contributed by atoms with Crippen molar-refractivity contribution >= 4 is 11.3 Å². The molecule has 1 nitrogen and oxygen atoms in total. The van der Waals surface area contributed by atoms with Crippen LogP contribution < -0.4 is 5.73 Å². The van der Waals surface area contributed by atoms with Crippen molar-refractivity contribution in [2.75, 3.05) is 0 Å². The Labute approximate surface area is 114 Å². The van der Waals surface area contributed by atoms with Crippen molar-refractivity contribution in [3.63, 3.8) is 0 Å². The Kier molecular flexibility index (Phi) is 4.20. The highest BCUT2D eigenvalue weighted by Crippen LogP contribution is 2.28. The lowest BCUT2D eigenvalue weighted by Crippen LogP contribution is -2.41. The van der Waals surface area contributed by atoms with Gasteiger partial charge < -0.3 is 5.73 Å². The molecule has 0 saturated heterocycles. The summed E-state index contributed by atoms with van der Waals surface area (Å²) in [5, 5.41) is 2.13. The fourth-order valence-electron chi connectivity index (χ4n) is 2.20. The van der Waals surface area contributed by atoms with Crippen LogP contribution in [0.3, 0.4) is 0 Å². The first-order chi connectivity index (χ1) is 8.60. The number of hydrogen-bond acceptors (Lipinski definition) is 2. The lowest BCUT2D eigenvalue weighted by molar-refractivity contribution is 0.389. The summed E-state index contributed by atoms with van der Waals surface area (Å²) in [6.45, 7) is 4.48. The zero-order valence-corrected chi connectivity index (χ0v) is 11.9. The van der Waals surface area contributed by atoms with Crippen LogP contribution in [-0.2, 0) is 11.8 Å². The summed E-state index contributed by atoms with van der Waals surface area (Å²) in [5.74, 6) is 0. The largest absolute Gasteiger partial charge is 0.327 e. The van der Waals surface area contributed by atoms with E-state index in [2.05, 4.69) is 61.7 Å². The standard InChI is InChI=1S/C16H21NS/c1-16(2,13-7-4-3-5-8-13)15(17)11-10-14-9-6-12-18-14/h3-9,12,15H,10-11,17H2,1-2H3. The van der Waals surface area contributed by atoms with Gasteiger partial charge in [-0.15, -0.1) is 11.3 Å². The van der Waals surface area contributed by atoms with Crippen LogP contribution in [0.1, 0.15) is 30.7 Å². The van der Waals surface area contributed by atoms with E-state index in [0.717, 1.165) is 12.8 Å². The summed E-state index contributed by atoms with van der Waals surface area (Å²) in [6, 6.07) is 15.0. The summed E-state index contributed by atoms with van der Waals surface area (Å²) < 4.78 is 0. The molecule has 1 aromatic carbocycles. The van der Waals surface area contributed by atoms with Gasteiger partial charge in [0, 0.05) is 16.3 Å². The van der Waals surface area contributed by atoms with Gasteiger partial charge in [0.25, 0.3) is 0 Å². The lowest BCUT2D eigenvalue weighted by Gasteiger charge is -2.32. The summed E-state index contributed by atoms with van der Waals surface area (Å²) in [7, 11) is 0. The maximum absolute atomic E-state index is 6.40. The topological polar surface area (TPSA) is 26.0 Å². The van der Waals surface area contributed by atoms with Crippen molar-refractivity contribution < 1.29 is 0 Å². The van der Waals surface area contributed by atoms with Crippen molar-refractivity contribution in [1.29, 1.82) is 0 Å². The van der Waals surface area contributed by atoms with Gasteiger partial charge in [0.1, 0.15) is 0 Å². The normalized spacial score (nSPS) is 13.5. The van der Waals surface area contributed by atoms with Crippen LogP contribution in [0.25, 0.3) is 0 Å². The molecule has 0 aliphatic heterocycles. The van der Waals surface area contributed by atoms with Gasteiger partial charge in [0.05, 0.1) is 0 Å². The van der Waals surface area contributed by atoms with E-state index in [1.807, 2.05) is 11.3 Å². The highest BCUT2D eigenvalue weighted by Gasteiger charge is 2.27. The monoisotopic (exact) mass is 259 g/mol. The Morgan fingerprint density at radius 3 is 2.44 bits per heavy atom. The molecule has 0 spiro atoms. The number of nitrogens with two attached hydrogens (primary N) is 1. The Balaban J connectivity index is 2.01. The molecule has 96 valence electrons. The van der Waals surface area contributed by atoms with E-state index >= 15 is 0 Å². The first-order valence-corrected chi connectivity index (χ1v) is 7.32. The van der Waals surface area contributed by atoms with Crippen LogP contribution in [0.5, 0.6) is 0 Å². The van der Waals surface area contributed by atoms with Crippen LogP contribution >= 0.6 is 11.3 Å². The van der Waals surface area contributed by atoms with Gasteiger partial charge in [-0.05, 0) is 29.9 Å². The molecule has 2 heteroatoms. The molecule has 0 bridgehead atoms. The van der Waals surface area contributed by atoms with E-state index in [1.54, 1.807) is 0 Å². The fraction of sp³-hybridized carbons (Fsp3) is 0.375. The van der Waals surface area contributed by atoms with E-state index in [-0.39, 0.29) is 11.5 Å². The van der Waals surface area contributed by atoms with E-state index < -0.39 is 0 Å². The molecule has 1 unspecified atom stereocenters. The van der Waals surface area contributed by atoms with E-state index in [1.165, 1.54) is 10.4 Å². The molecule has 0 aliphatic carbocycles.